The average Bonchev–Trinajstić information content (AvgIpc) is 3.26. The lowest BCUT2D eigenvalue weighted by Gasteiger charge is -2.24. The first-order valence-corrected chi connectivity index (χ1v) is 9.21. The van der Waals surface area contributed by atoms with Gasteiger partial charge in [-0.05, 0) is 30.5 Å². The van der Waals surface area contributed by atoms with Gasteiger partial charge in [-0.2, -0.15) is 0 Å². The normalized spacial score (nSPS) is 14.6. The minimum Gasteiger partial charge on any atom is -0.341 e. The fourth-order valence-corrected chi connectivity index (χ4v) is 3.19. The van der Waals surface area contributed by atoms with Crippen molar-refractivity contribution in [3.05, 3.63) is 66.0 Å². The van der Waals surface area contributed by atoms with Crippen LogP contribution in [-0.2, 0) is 9.59 Å². The molecule has 1 saturated heterocycles. The number of ketones is 1. The van der Waals surface area contributed by atoms with Crippen molar-refractivity contribution in [2.75, 3.05) is 13.1 Å². The number of carbonyl (C=O) groups is 3. The SMILES string of the molecule is O=C(CCC(=O)c1cccnc1)NC(C(=O)N1CCCC1)c1ccccc1. The molecule has 0 saturated carbocycles. The second-order valence-electron chi connectivity index (χ2n) is 6.61. The minimum absolute atomic E-state index is 0.0321. The molecule has 1 fully saturated rings. The first kappa shape index (κ1) is 18.8. The largest absolute Gasteiger partial charge is 0.341 e. The Bertz CT molecular complexity index is 787. The van der Waals surface area contributed by atoms with E-state index in [0.717, 1.165) is 31.5 Å². The predicted molar refractivity (Wildman–Crippen MR) is 101 cm³/mol. The number of likely N-dealkylation sites (tertiary alicyclic amines) is 1. The molecule has 1 aromatic carbocycles. The van der Waals surface area contributed by atoms with Gasteiger partial charge in [0.15, 0.2) is 5.78 Å². The molecule has 140 valence electrons. The van der Waals surface area contributed by atoms with E-state index in [-0.39, 0.29) is 30.4 Å². The summed E-state index contributed by atoms with van der Waals surface area (Å²) in [5.74, 6) is -0.542. The zero-order chi connectivity index (χ0) is 19.1. The fourth-order valence-electron chi connectivity index (χ4n) is 3.19. The van der Waals surface area contributed by atoms with Gasteiger partial charge in [-0.1, -0.05) is 30.3 Å². The summed E-state index contributed by atoms with van der Waals surface area (Å²) in [6.07, 6.45) is 5.17. The Balaban J connectivity index is 1.63. The van der Waals surface area contributed by atoms with Crippen LogP contribution in [0.15, 0.2) is 54.9 Å². The van der Waals surface area contributed by atoms with Gasteiger partial charge in [0.25, 0.3) is 0 Å². The van der Waals surface area contributed by atoms with E-state index in [1.165, 1.54) is 6.20 Å². The molecule has 6 heteroatoms. The number of nitrogens with one attached hydrogen (secondary N) is 1. The topological polar surface area (TPSA) is 79.4 Å². The second-order valence-corrected chi connectivity index (χ2v) is 6.61. The zero-order valence-corrected chi connectivity index (χ0v) is 15.1. The molecule has 2 aromatic rings. The van der Waals surface area contributed by atoms with Crippen LogP contribution in [-0.4, -0.2) is 40.6 Å². The molecule has 0 aliphatic carbocycles. The van der Waals surface area contributed by atoms with Crippen LogP contribution in [0.1, 0.15) is 47.6 Å². The Labute approximate surface area is 158 Å². The van der Waals surface area contributed by atoms with E-state index < -0.39 is 6.04 Å². The maximum atomic E-state index is 12.9. The lowest BCUT2D eigenvalue weighted by molar-refractivity contribution is -0.135. The lowest BCUT2D eigenvalue weighted by Crippen LogP contribution is -2.41. The third-order valence-electron chi connectivity index (χ3n) is 4.67. The molecule has 2 heterocycles. The van der Waals surface area contributed by atoms with Crippen molar-refractivity contribution in [1.82, 2.24) is 15.2 Å². The summed E-state index contributed by atoms with van der Waals surface area (Å²) >= 11 is 0. The Kier molecular flexibility index (Phi) is 6.30. The molecule has 0 bridgehead atoms. The minimum atomic E-state index is -0.717. The molecule has 27 heavy (non-hydrogen) atoms. The maximum absolute atomic E-state index is 12.9. The number of benzene rings is 1. The van der Waals surface area contributed by atoms with Crippen LogP contribution in [0.5, 0.6) is 0 Å². The van der Waals surface area contributed by atoms with Crippen molar-refractivity contribution >= 4 is 17.6 Å². The monoisotopic (exact) mass is 365 g/mol. The molecule has 1 atom stereocenters. The van der Waals surface area contributed by atoms with E-state index in [1.54, 1.807) is 23.2 Å². The summed E-state index contributed by atoms with van der Waals surface area (Å²) in [6.45, 7) is 1.44. The van der Waals surface area contributed by atoms with E-state index in [2.05, 4.69) is 10.3 Å². The van der Waals surface area contributed by atoms with Gasteiger partial charge >= 0.3 is 0 Å². The molecule has 1 aromatic heterocycles. The van der Waals surface area contributed by atoms with Crippen LogP contribution in [0.4, 0.5) is 0 Å². The highest BCUT2D eigenvalue weighted by Gasteiger charge is 2.29. The van der Waals surface area contributed by atoms with E-state index in [1.807, 2.05) is 30.3 Å². The Hall–Kier alpha value is -3.02. The molecule has 1 aliphatic rings. The average molecular weight is 365 g/mol. The van der Waals surface area contributed by atoms with E-state index in [4.69, 9.17) is 0 Å². The highest BCUT2D eigenvalue weighted by Crippen LogP contribution is 2.19. The standard InChI is InChI=1S/C21H23N3O3/c25-18(17-9-6-12-22-15-17)10-11-19(26)23-20(16-7-2-1-3-8-16)21(27)24-13-4-5-14-24/h1-3,6-9,12,15,20H,4-5,10-11,13-14H2,(H,23,26). The smallest absolute Gasteiger partial charge is 0.249 e. The Morgan fingerprint density at radius 3 is 2.41 bits per heavy atom. The van der Waals surface area contributed by atoms with Crippen LogP contribution in [0.3, 0.4) is 0 Å². The van der Waals surface area contributed by atoms with Crippen molar-refractivity contribution in [2.24, 2.45) is 0 Å². The van der Waals surface area contributed by atoms with Gasteiger partial charge in [0.05, 0.1) is 0 Å². The predicted octanol–water partition coefficient (Wildman–Crippen LogP) is 2.52. The van der Waals surface area contributed by atoms with Crippen molar-refractivity contribution in [1.29, 1.82) is 0 Å². The van der Waals surface area contributed by atoms with E-state index >= 15 is 0 Å². The highest BCUT2D eigenvalue weighted by atomic mass is 16.2. The number of hydrogen-bond donors (Lipinski definition) is 1. The number of hydrogen-bond acceptors (Lipinski definition) is 4. The molecule has 3 rings (SSSR count). The molecule has 0 radical (unpaired) electrons. The first-order valence-electron chi connectivity index (χ1n) is 9.21. The number of Topliss-reactive ketones (excluding diaryl/α,β-unsaturated/α-hetero) is 1. The van der Waals surface area contributed by atoms with Crippen molar-refractivity contribution in [3.8, 4) is 0 Å². The number of nitrogens with zero attached hydrogens (tertiary/aromatic N) is 2. The van der Waals surface area contributed by atoms with Crippen molar-refractivity contribution < 1.29 is 14.4 Å². The molecule has 6 nitrogen and oxygen atoms in total. The third-order valence-corrected chi connectivity index (χ3v) is 4.67. The summed E-state index contributed by atoms with van der Waals surface area (Å²) in [6, 6.07) is 11.9. The summed E-state index contributed by atoms with van der Waals surface area (Å²) in [7, 11) is 0. The Morgan fingerprint density at radius 1 is 1.00 bits per heavy atom. The molecule has 1 N–H and O–H groups in total. The van der Waals surface area contributed by atoms with E-state index in [0.29, 0.717) is 5.56 Å². The number of amides is 2. The summed E-state index contributed by atoms with van der Waals surface area (Å²) < 4.78 is 0. The summed E-state index contributed by atoms with van der Waals surface area (Å²) in [5.41, 5.74) is 1.24. The van der Waals surface area contributed by atoms with Crippen LogP contribution < -0.4 is 5.32 Å². The quantitative estimate of drug-likeness (QED) is 0.765. The Morgan fingerprint density at radius 2 is 1.74 bits per heavy atom. The molecular formula is C21H23N3O3. The van der Waals surface area contributed by atoms with Gasteiger partial charge < -0.3 is 10.2 Å². The van der Waals surface area contributed by atoms with E-state index in [9.17, 15) is 14.4 Å². The van der Waals surface area contributed by atoms with Crippen LogP contribution in [0.2, 0.25) is 0 Å². The zero-order valence-electron chi connectivity index (χ0n) is 15.1. The number of pyridine rings is 1. The molecule has 1 aliphatic heterocycles. The number of rotatable bonds is 7. The maximum Gasteiger partial charge on any atom is 0.249 e. The van der Waals surface area contributed by atoms with Crippen LogP contribution in [0.25, 0.3) is 0 Å². The van der Waals surface area contributed by atoms with Gasteiger partial charge in [-0.15, -0.1) is 0 Å². The second kappa shape index (κ2) is 9.07. The first-order chi connectivity index (χ1) is 13.1. The highest BCUT2D eigenvalue weighted by molar-refractivity contribution is 5.98. The summed E-state index contributed by atoms with van der Waals surface area (Å²) in [5, 5.41) is 2.82. The van der Waals surface area contributed by atoms with Gasteiger partial charge in [-0.25, -0.2) is 0 Å². The van der Waals surface area contributed by atoms with Crippen molar-refractivity contribution in [3.63, 3.8) is 0 Å². The summed E-state index contributed by atoms with van der Waals surface area (Å²) in [4.78, 5) is 43.2. The van der Waals surface area contributed by atoms with Gasteiger partial charge in [0.1, 0.15) is 6.04 Å². The molecule has 1 unspecified atom stereocenters. The van der Waals surface area contributed by atoms with Gasteiger partial charge in [0.2, 0.25) is 11.8 Å². The lowest BCUT2D eigenvalue weighted by atomic mass is 10.0. The third kappa shape index (κ3) is 5.00. The van der Waals surface area contributed by atoms with Crippen LogP contribution >= 0.6 is 0 Å². The van der Waals surface area contributed by atoms with Crippen LogP contribution in [0, 0.1) is 0 Å². The van der Waals surface area contributed by atoms with Gasteiger partial charge in [0, 0.05) is 43.9 Å². The van der Waals surface area contributed by atoms with Gasteiger partial charge in [-0.3, -0.25) is 19.4 Å². The molecule has 0 spiro atoms. The van der Waals surface area contributed by atoms with Crippen molar-refractivity contribution in [2.45, 2.75) is 31.7 Å². The number of carbonyl (C=O) groups excluding carboxylic acids is 3. The molecule has 2 amide bonds. The number of aromatic nitrogens is 1. The molecular weight excluding hydrogens is 342 g/mol. The fraction of sp³-hybridized carbons (Fsp3) is 0.333.